The Labute approximate surface area is 119 Å². The van der Waals surface area contributed by atoms with Crippen molar-refractivity contribution in [3.05, 3.63) is 35.4 Å². The Hall–Kier alpha value is -1.39. The van der Waals surface area contributed by atoms with Gasteiger partial charge in [-0.05, 0) is 25.3 Å². The van der Waals surface area contributed by atoms with Gasteiger partial charge < -0.3 is 15.4 Å². The molecule has 0 bridgehead atoms. The highest BCUT2D eigenvalue weighted by atomic mass is 16.5. The maximum absolute atomic E-state index is 12.1. The Morgan fingerprint density at radius 1 is 1.30 bits per heavy atom. The fourth-order valence-electron chi connectivity index (χ4n) is 2.79. The van der Waals surface area contributed by atoms with E-state index in [1.807, 2.05) is 0 Å². The summed E-state index contributed by atoms with van der Waals surface area (Å²) < 4.78 is 5.92. The van der Waals surface area contributed by atoms with Crippen LogP contribution < -0.4 is 10.6 Å². The number of ether oxygens (including phenoxy) is 1. The second-order valence-corrected chi connectivity index (χ2v) is 5.81. The number of hydrogen-bond donors (Lipinski definition) is 2. The summed E-state index contributed by atoms with van der Waals surface area (Å²) in [6.45, 7) is 4.45. The lowest BCUT2D eigenvalue weighted by Crippen LogP contribution is -2.54. The van der Waals surface area contributed by atoms with Gasteiger partial charge in [0, 0.05) is 19.7 Å². The molecule has 0 radical (unpaired) electrons. The molecule has 2 aliphatic rings. The Morgan fingerprint density at radius 2 is 2.05 bits per heavy atom. The number of nitrogens with one attached hydrogen (secondary N) is 2. The molecule has 1 aromatic carbocycles. The van der Waals surface area contributed by atoms with Crippen molar-refractivity contribution in [1.82, 2.24) is 10.6 Å². The van der Waals surface area contributed by atoms with Gasteiger partial charge in [-0.15, -0.1) is 0 Å². The number of carbonyl (C=O) groups excluding carboxylic acids is 1. The molecule has 0 aromatic heterocycles. The van der Waals surface area contributed by atoms with E-state index in [1.54, 1.807) is 0 Å². The minimum Gasteiger partial charge on any atom is -0.371 e. The monoisotopic (exact) mass is 274 g/mol. The zero-order chi connectivity index (χ0) is 13.9. The first-order chi connectivity index (χ1) is 9.74. The van der Waals surface area contributed by atoms with Crippen molar-refractivity contribution >= 4 is 5.91 Å². The molecule has 4 nitrogen and oxygen atoms in total. The molecule has 0 spiro atoms. The van der Waals surface area contributed by atoms with Gasteiger partial charge in [0.05, 0.1) is 12.0 Å². The zero-order valence-corrected chi connectivity index (χ0v) is 11.9. The lowest BCUT2D eigenvalue weighted by Gasteiger charge is -2.35. The van der Waals surface area contributed by atoms with Crippen LogP contribution in [0.5, 0.6) is 0 Å². The summed E-state index contributed by atoms with van der Waals surface area (Å²) in [5, 5.41) is 6.32. The average Bonchev–Trinajstić information content (AvgIpc) is 2.38. The Morgan fingerprint density at radius 3 is 2.70 bits per heavy atom. The van der Waals surface area contributed by atoms with Crippen LogP contribution in [0.4, 0.5) is 0 Å². The molecule has 2 N–H and O–H groups in total. The van der Waals surface area contributed by atoms with E-state index in [1.165, 1.54) is 5.56 Å². The fraction of sp³-hybridized carbons (Fsp3) is 0.562. The molecule has 3 rings (SSSR count). The molecule has 1 aromatic rings. The van der Waals surface area contributed by atoms with Crippen LogP contribution in [0.3, 0.4) is 0 Å². The Balaban J connectivity index is 1.69. The molecule has 2 saturated heterocycles. The topological polar surface area (TPSA) is 50.4 Å². The smallest absolute Gasteiger partial charge is 0.226 e. The molecule has 2 heterocycles. The molecule has 20 heavy (non-hydrogen) atoms. The molecule has 2 aliphatic heterocycles. The normalized spacial score (nSPS) is 26.9. The maximum Gasteiger partial charge on any atom is 0.226 e. The van der Waals surface area contributed by atoms with E-state index in [0.717, 1.165) is 38.1 Å². The van der Waals surface area contributed by atoms with Crippen LogP contribution in [0.15, 0.2) is 24.3 Å². The standard InChI is InChI=1S/C16H22N2O2/c1-11-4-6-12(7-5-11)15-14(3-2-8-20-15)18-16(19)13-9-17-10-13/h4-7,13-15,17H,2-3,8-10H2,1H3,(H,18,19). The highest BCUT2D eigenvalue weighted by Gasteiger charge is 2.32. The summed E-state index contributed by atoms with van der Waals surface area (Å²) in [7, 11) is 0. The van der Waals surface area contributed by atoms with Crippen molar-refractivity contribution < 1.29 is 9.53 Å². The summed E-state index contributed by atoms with van der Waals surface area (Å²) in [4.78, 5) is 12.1. The van der Waals surface area contributed by atoms with Gasteiger partial charge in [0.2, 0.25) is 5.91 Å². The number of hydrogen-bond acceptors (Lipinski definition) is 3. The van der Waals surface area contributed by atoms with Gasteiger partial charge in [-0.3, -0.25) is 4.79 Å². The third-order valence-electron chi connectivity index (χ3n) is 4.21. The molecule has 0 aliphatic carbocycles. The van der Waals surface area contributed by atoms with Crippen molar-refractivity contribution in [1.29, 1.82) is 0 Å². The van der Waals surface area contributed by atoms with Crippen LogP contribution in [0.1, 0.15) is 30.1 Å². The predicted molar refractivity (Wildman–Crippen MR) is 77.4 cm³/mol. The number of aryl methyl sites for hydroxylation is 1. The second kappa shape index (κ2) is 5.94. The zero-order valence-electron chi connectivity index (χ0n) is 11.9. The quantitative estimate of drug-likeness (QED) is 0.879. The number of rotatable bonds is 3. The average molecular weight is 274 g/mol. The first-order valence-electron chi connectivity index (χ1n) is 7.43. The van der Waals surface area contributed by atoms with E-state index in [-0.39, 0.29) is 24.0 Å². The van der Waals surface area contributed by atoms with E-state index in [9.17, 15) is 4.79 Å². The minimum atomic E-state index is -0.0127. The van der Waals surface area contributed by atoms with E-state index in [0.29, 0.717) is 0 Å². The fourth-order valence-corrected chi connectivity index (χ4v) is 2.79. The van der Waals surface area contributed by atoms with Crippen LogP contribution in [0.25, 0.3) is 0 Å². The van der Waals surface area contributed by atoms with E-state index in [2.05, 4.69) is 41.8 Å². The largest absolute Gasteiger partial charge is 0.371 e. The van der Waals surface area contributed by atoms with Gasteiger partial charge in [0.25, 0.3) is 0 Å². The van der Waals surface area contributed by atoms with Gasteiger partial charge in [-0.2, -0.15) is 0 Å². The van der Waals surface area contributed by atoms with Gasteiger partial charge in [-0.25, -0.2) is 0 Å². The Kier molecular flexibility index (Phi) is 4.03. The van der Waals surface area contributed by atoms with Crippen LogP contribution in [0, 0.1) is 12.8 Å². The summed E-state index contributed by atoms with van der Waals surface area (Å²) in [6.07, 6.45) is 1.99. The highest BCUT2D eigenvalue weighted by Crippen LogP contribution is 2.29. The number of amides is 1. The summed E-state index contributed by atoms with van der Waals surface area (Å²) in [5.41, 5.74) is 2.40. The van der Waals surface area contributed by atoms with Crippen molar-refractivity contribution in [3.63, 3.8) is 0 Å². The van der Waals surface area contributed by atoms with Crippen molar-refractivity contribution in [2.45, 2.75) is 31.9 Å². The van der Waals surface area contributed by atoms with Crippen molar-refractivity contribution in [3.8, 4) is 0 Å². The first kappa shape index (κ1) is 13.6. The first-order valence-corrected chi connectivity index (χ1v) is 7.43. The Bertz CT molecular complexity index is 468. The molecular weight excluding hydrogens is 252 g/mol. The highest BCUT2D eigenvalue weighted by molar-refractivity contribution is 5.80. The minimum absolute atomic E-state index is 0.0127. The molecular formula is C16H22N2O2. The van der Waals surface area contributed by atoms with Crippen LogP contribution in [0.2, 0.25) is 0 Å². The third-order valence-corrected chi connectivity index (χ3v) is 4.21. The summed E-state index contributed by atoms with van der Waals surface area (Å²) in [6, 6.07) is 8.51. The van der Waals surface area contributed by atoms with E-state index in [4.69, 9.17) is 4.74 Å². The van der Waals surface area contributed by atoms with Gasteiger partial charge >= 0.3 is 0 Å². The van der Waals surface area contributed by atoms with Crippen LogP contribution in [-0.4, -0.2) is 31.6 Å². The number of benzene rings is 1. The molecule has 4 heteroatoms. The van der Waals surface area contributed by atoms with E-state index < -0.39 is 0 Å². The summed E-state index contributed by atoms with van der Waals surface area (Å²) >= 11 is 0. The van der Waals surface area contributed by atoms with Gasteiger partial charge in [0.15, 0.2) is 0 Å². The molecule has 2 fully saturated rings. The van der Waals surface area contributed by atoms with Crippen molar-refractivity contribution in [2.75, 3.05) is 19.7 Å². The van der Waals surface area contributed by atoms with Gasteiger partial charge in [-0.1, -0.05) is 29.8 Å². The molecule has 0 saturated carbocycles. The summed E-state index contributed by atoms with van der Waals surface area (Å²) in [5.74, 6) is 0.298. The molecule has 2 atom stereocenters. The lowest BCUT2D eigenvalue weighted by molar-refractivity contribution is -0.129. The molecule has 1 amide bonds. The van der Waals surface area contributed by atoms with E-state index >= 15 is 0 Å². The SMILES string of the molecule is Cc1ccc(C2OCCCC2NC(=O)C2CNC2)cc1. The van der Waals surface area contributed by atoms with Crippen LogP contribution >= 0.6 is 0 Å². The van der Waals surface area contributed by atoms with Gasteiger partial charge in [0.1, 0.15) is 6.10 Å². The van der Waals surface area contributed by atoms with Crippen LogP contribution in [-0.2, 0) is 9.53 Å². The van der Waals surface area contributed by atoms with Crippen molar-refractivity contribution in [2.24, 2.45) is 5.92 Å². The molecule has 2 unspecified atom stereocenters. The second-order valence-electron chi connectivity index (χ2n) is 5.81. The molecule has 108 valence electrons. The maximum atomic E-state index is 12.1. The number of carbonyl (C=O) groups is 1. The lowest BCUT2D eigenvalue weighted by atomic mass is 9.94. The predicted octanol–water partition coefficient (Wildman–Crippen LogP) is 1.55. The third kappa shape index (κ3) is 2.86.